The molecule has 2 heteroatoms. The van der Waals surface area contributed by atoms with E-state index in [1.807, 2.05) is 0 Å². The fourth-order valence-corrected chi connectivity index (χ4v) is 3.70. The predicted octanol–water partition coefficient (Wildman–Crippen LogP) is 3.09. The molecule has 0 aromatic heterocycles. The molecule has 1 aliphatic heterocycles. The fraction of sp³-hybridized carbons (Fsp3) is 0.538. The number of fused-ring (bicyclic) bond motifs is 1. The summed E-state index contributed by atoms with van der Waals surface area (Å²) >= 11 is 2.06. The van der Waals surface area contributed by atoms with Gasteiger partial charge in [-0.3, -0.25) is 0 Å². The Morgan fingerprint density at radius 2 is 2.13 bits per heavy atom. The van der Waals surface area contributed by atoms with E-state index in [2.05, 4.69) is 35.3 Å². The highest BCUT2D eigenvalue weighted by Gasteiger charge is 2.16. The third-order valence-corrected chi connectivity index (χ3v) is 4.56. The molecule has 80 valence electrons. The first-order chi connectivity index (χ1) is 7.42. The van der Waals surface area contributed by atoms with Gasteiger partial charge in [-0.15, -0.1) is 0 Å². The summed E-state index contributed by atoms with van der Waals surface area (Å²) in [6, 6.07) is 7.64. The molecule has 1 saturated heterocycles. The summed E-state index contributed by atoms with van der Waals surface area (Å²) in [6.07, 6.45) is 5.24. The zero-order valence-corrected chi connectivity index (χ0v) is 9.78. The summed E-state index contributed by atoms with van der Waals surface area (Å²) in [6.45, 7) is 0. The van der Waals surface area contributed by atoms with Crippen molar-refractivity contribution in [3.63, 3.8) is 0 Å². The van der Waals surface area contributed by atoms with Gasteiger partial charge in [-0.2, -0.15) is 11.8 Å². The minimum absolute atomic E-state index is 0.703. The maximum atomic E-state index is 3.65. The van der Waals surface area contributed by atoms with Crippen molar-refractivity contribution in [1.82, 2.24) is 0 Å². The first-order valence-corrected chi connectivity index (χ1v) is 7.03. The van der Waals surface area contributed by atoms with Crippen LogP contribution in [0.15, 0.2) is 18.2 Å². The number of hydrogen-bond acceptors (Lipinski definition) is 2. The molecule has 0 saturated carbocycles. The quantitative estimate of drug-likeness (QED) is 0.820. The van der Waals surface area contributed by atoms with Gasteiger partial charge in [0.1, 0.15) is 0 Å². The molecule has 1 aromatic rings. The second-order valence-electron chi connectivity index (χ2n) is 4.54. The standard InChI is InChI=1S/C13H17NS/c1-2-10-4-5-12(8-11(10)3-1)14-13-6-7-15-9-13/h4-5,8,13-14H,1-3,6-7,9H2/t13-/m0/s1. The molecular formula is C13H17NS. The monoisotopic (exact) mass is 219 g/mol. The van der Waals surface area contributed by atoms with Crippen molar-refractivity contribution in [2.45, 2.75) is 31.7 Å². The molecule has 0 radical (unpaired) electrons. The minimum atomic E-state index is 0.703. The van der Waals surface area contributed by atoms with Crippen molar-refractivity contribution in [3.8, 4) is 0 Å². The van der Waals surface area contributed by atoms with E-state index in [0.29, 0.717) is 6.04 Å². The van der Waals surface area contributed by atoms with Crippen LogP contribution in [-0.4, -0.2) is 17.5 Å². The second-order valence-corrected chi connectivity index (χ2v) is 5.69. The summed E-state index contributed by atoms with van der Waals surface area (Å²) in [5.74, 6) is 2.60. The van der Waals surface area contributed by atoms with E-state index in [-0.39, 0.29) is 0 Å². The average Bonchev–Trinajstić information content (AvgIpc) is 2.87. The van der Waals surface area contributed by atoms with Gasteiger partial charge < -0.3 is 5.32 Å². The fourth-order valence-electron chi connectivity index (χ4n) is 2.55. The van der Waals surface area contributed by atoms with Gasteiger partial charge in [0.15, 0.2) is 0 Å². The van der Waals surface area contributed by atoms with Gasteiger partial charge in [-0.25, -0.2) is 0 Å². The number of nitrogens with one attached hydrogen (secondary N) is 1. The topological polar surface area (TPSA) is 12.0 Å². The van der Waals surface area contributed by atoms with Gasteiger partial charge in [0.2, 0.25) is 0 Å². The summed E-state index contributed by atoms with van der Waals surface area (Å²) in [5, 5.41) is 3.65. The third-order valence-electron chi connectivity index (χ3n) is 3.40. The van der Waals surface area contributed by atoms with Crippen LogP contribution in [0.5, 0.6) is 0 Å². The van der Waals surface area contributed by atoms with E-state index >= 15 is 0 Å². The molecule has 0 unspecified atom stereocenters. The lowest BCUT2D eigenvalue weighted by Gasteiger charge is -2.13. The third kappa shape index (κ3) is 2.00. The zero-order valence-electron chi connectivity index (χ0n) is 8.96. The molecule has 1 fully saturated rings. The zero-order chi connectivity index (χ0) is 10.1. The molecule has 1 atom stereocenters. The first kappa shape index (κ1) is 9.59. The SMILES string of the molecule is c1cc2c(cc1N[C@H]1CCSC1)CCC2. The van der Waals surface area contributed by atoms with Gasteiger partial charge >= 0.3 is 0 Å². The highest BCUT2D eigenvalue weighted by molar-refractivity contribution is 7.99. The molecule has 0 bridgehead atoms. The lowest BCUT2D eigenvalue weighted by atomic mass is 10.1. The number of thioether (sulfide) groups is 1. The van der Waals surface area contributed by atoms with Gasteiger partial charge in [0, 0.05) is 17.5 Å². The van der Waals surface area contributed by atoms with Crippen LogP contribution in [0.4, 0.5) is 5.69 Å². The van der Waals surface area contributed by atoms with Gasteiger partial charge in [0.05, 0.1) is 0 Å². The molecular weight excluding hydrogens is 202 g/mol. The summed E-state index contributed by atoms with van der Waals surface area (Å²) in [7, 11) is 0. The molecule has 1 aliphatic carbocycles. The average molecular weight is 219 g/mol. The smallest absolute Gasteiger partial charge is 0.0359 e. The molecule has 1 N–H and O–H groups in total. The van der Waals surface area contributed by atoms with E-state index in [1.165, 1.54) is 42.9 Å². The Labute approximate surface area is 95.6 Å². The minimum Gasteiger partial charge on any atom is -0.381 e. The van der Waals surface area contributed by atoms with Crippen molar-refractivity contribution in [2.75, 3.05) is 16.8 Å². The second kappa shape index (κ2) is 4.09. The Kier molecular flexibility index (Phi) is 2.61. The molecule has 0 spiro atoms. The number of benzene rings is 1. The molecule has 3 rings (SSSR count). The Bertz CT molecular complexity index is 356. The van der Waals surface area contributed by atoms with E-state index in [0.717, 1.165) is 0 Å². The van der Waals surface area contributed by atoms with E-state index in [9.17, 15) is 0 Å². The first-order valence-electron chi connectivity index (χ1n) is 5.88. The van der Waals surface area contributed by atoms with Crippen LogP contribution in [0.1, 0.15) is 24.0 Å². The summed E-state index contributed by atoms with van der Waals surface area (Å²) in [5.41, 5.74) is 4.48. The van der Waals surface area contributed by atoms with Crippen LogP contribution < -0.4 is 5.32 Å². The van der Waals surface area contributed by atoms with Crippen LogP contribution in [0.25, 0.3) is 0 Å². The van der Waals surface area contributed by atoms with Crippen LogP contribution in [0.2, 0.25) is 0 Å². The van der Waals surface area contributed by atoms with E-state index in [1.54, 1.807) is 11.1 Å². The van der Waals surface area contributed by atoms with E-state index < -0.39 is 0 Å². The van der Waals surface area contributed by atoms with Crippen molar-refractivity contribution in [3.05, 3.63) is 29.3 Å². The molecule has 1 aromatic carbocycles. The summed E-state index contributed by atoms with van der Waals surface area (Å²) in [4.78, 5) is 0. The maximum Gasteiger partial charge on any atom is 0.0359 e. The molecule has 0 amide bonds. The van der Waals surface area contributed by atoms with Crippen LogP contribution in [0.3, 0.4) is 0 Å². The Balaban J connectivity index is 1.75. The Hall–Kier alpha value is -0.630. The number of anilines is 1. The normalized spacial score (nSPS) is 24.1. The Morgan fingerprint density at radius 1 is 1.20 bits per heavy atom. The number of hydrogen-bond donors (Lipinski definition) is 1. The Morgan fingerprint density at radius 3 is 3.00 bits per heavy atom. The number of rotatable bonds is 2. The highest BCUT2D eigenvalue weighted by Crippen LogP contribution is 2.27. The highest BCUT2D eigenvalue weighted by atomic mass is 32.2. The van der Waals surface area contributed by atoms with Crippen LogP contribution >= 0.6 is 11.8 Å². The van der Waals surface area contributed by atoms with Crippen molar-refractivity contribution < 1.29 is 0 Å². The van der Waals surface area contributed by atoms with Gasteiger partial charge in [-0.1, -0.05) is 6.07 Å². The lowest BCUT2D eigenvalue weighted by molar-refractivity contribution is 0.813. The van der Waals surface area contributed by atoms with Crippen LogP contribution in [-0.2, 0) is 12.8 Å². The molecule has 1 heterocycles. The molecule has 15 heavy (non-hydrogen) atoms. The lowest BCUT2D eigenvalue weighted by Crippen LogP contribution is -2.18. The maximum absolute atomic E-state index is 3.65. The molecule has 2 aliphatic rings. The van der Waals surface area contributed by atoms with Crippen LogP contribution in [0, 0.1) is 0 Å². The van der Waals surface area contributed by atoms with E-state index in [4.69, 9.17) is 0 Å². The molecule has 1 nitrogen and oxygen atoms in total. The number of aryl methyl sites for hydroxylation is 2. The van der Waals surface area contributed by atoms with Crippen molar-refractivity contribution in [2.24, 2.45) is 0 Å². The van der Waals surface area contributed by atoms with Gasteiger partial charge in [-0.05, 0) is 54.7 Å². The predicted molar refractivity (Wildman–Crippen MR) is 67.8 cm³/mol. The van der Waals surface area contributed by atoms with Gasteiger partial charge in [0.25, 0.3) is 0 Å². The largest absolute Gasteiger partial charge is 0.381 e. The van der Waals surface area contributed by atoms with Crippen molar-refractivity contribution >= 4 is 17.4 Å². The van der Waals surface area contributed by atoms with Crippen molar-refractivity contribution in [1.29, 1.82) is 0 Å². The summed E-state index contributed by atoms with van der Waals surface area (Å²) < 4.78 is 0.